The van der Waals surface area contributed by atoms with Crippen LogP contribution in [0.3, 0.4) is 0 Å². The van der Waals surface area contributed by atoms with Crippen molar-refractivity contribution in [1.82, 2.24) is 4.90 Å². The molecule has 0 radical (unpaired) electrons. The van der Waals surface area contributed by atoms with E-state index in [0.717, 1.165) is 12.0 Å². The van der Waals surface area contributed by atoms with E-state index < -0.39 is 0 Å². The second kappa shape index (κ2) is 4.54. The third-order valence-electron chi connectivity index (χ3n) is 2.92. The van der Waals surface area contributed by atoms with Crippen LogP contribution in [0.4, 0.5) is 0 Å². The molecule has 0 amide bonds. The van der Waals surface area contributed by atoms with Crippen LogP contribution in [0.5, 0.6) is 0 Å². The summed E-state index contributed by atoms with van der Waals surface area (Å²) in [5, 5.41) is 0. The minimum absolute atomic E-state index is 0.738. The summed E-state index contributed by atoms with van der Waals surface area (Å²) in [4.78, 5) is 2.48. The summed E-state index contributed by atoms with van der Waals surface area (Å²) in [6, 6.07) is 0.738. The molecule has 12 heavy (non-hydrogen) atoms. The molecule has 0 bridgehead atoms. The molecular formula is C11H21N. The van der Waals surface area contributed by atoms with Crippen LogP contribution in [0.2, 0.25) is 0 Å². The Morgan fingerprint density at radius 1 is 1.42 bits per heavy atom. The lowest BCUT2D eigenvalue weighted by molar-refractivity contribution is 0.209. The Morgan fingerprint density at radius 2 is 2.17 bits per heavy atom. The highest BCUT2D eigenvalue weighted by Gasteiger charge is 2.19. The van der Waals surface area contributed by atoms with Gasteiger partial charge in [0.2, 0.25) is 0 Å². The Balaban J connectivity index is 2.40. The van der Waals surface area contributed by atoms with Gasteiger partial charge in [-0.3, -0.25) is 0 Å². The molecule has 0 aromatic rings. The van der Waals surface area contributed by atoms with Crippen molar-refractivity contribution < 1.29 is 0 Å². The molecular weight excluding hydrogens is 146 g/mol. The van der Waals surface area contributed by atoms with Gasteiger partial charge in [0.1, 0.15) is 0 Å². The van der Waals surface area contributed by atoms with Crippen LogP contribution < -0.4 is 0 Å². The van der Waals surface area contributed by atoms with E-state index in [1.807, 2.05) is 0 Å². The summed E-state index contributed by atoms with van der Waals surface area (Å²) in [7, 11) is 0. The van der Waals surface area contributed by atoms with Crippen molar-refractivity contribution in [1.29, 1.82) is 0 Å². The quantitative estimate of drug-likeness (QED) is 0.624. The molecule has 1 aliphatic rings. The molecule has 0 fully saturated rings. The largest absolute Gasteiger partial charge is 0.375 e. The average Bonchev–Trinajstić information content (AvgIpc) is 2.08. The van der Waals surface area contributed by atoms with E-state index in [2.05, 4.69) is 37.9 Å². The Morgan fingerprint density at radius 3 is 2.83 bits per heavy atom. The molecule has 0 aromatic heterocycles. The molecule has 0 aromatic carbocycles. The molecule has 0 aliphatic carbocycles. The minimum atomic E-state index is 0.738. The van der Waals surface area contributed by atoms with Crippen molar-refractivity contribution in [2.24, 2.45) is 5.92 Å². The predicted octanol–water partition coefficient (Wildman–Crippen LogP) is 3.03. The molecule has 1 rings (SSSR count). The second-order valence-electron chi connectivity index (χ2n) is 3.93. The van der Waals surface area contributed by atoms with Crippen molar-refractivity contribution in [2.75, 3.05) is 6.54 Å². The molecule has 0 spiro atoms. The van der Waals surface area contributed by atoms with Crippen molar-refractivity contribution in [3.8, 4) is 0 Å². The maximum Gasteiger partial charge on any atom is 0.0284 e. The highest BCUT2D eigenvalue weighted by atomic mass is 15.1. The van der Waals surface area contributed by atoms with Crippen molar-refractivity contribution >= 4 is 0 Å². The van der Waals surface area contributed by atoms with Crippen LogP contribution in [0.25, 0.3) is 0 Å². The molecule has 0 saturated carbocycles. The maximum atomic E-state index is 2.48. The fourth-order valence-corrected chi connectivity index (χ4v) is 1.69. The normalized spacial score (nSPS) is 29.4. The number of hydrogen-bond donors (Lipinski definition) is 0. The summed E-state index contributed by atoms with van der Waals surface area (Å²) in [6.07, 6.45) is 8.46. The number of hydrogen-bond acceptors (Lipinski definition) is 1. The van der Waals surface area contributed by atoms with Crippen molar-refractivity contribution in [3.05, 3.63) is 12.3 Å². The molecule has 2 atom stereocenters. The summed E-state index contributed by atoms with van der Waals surface area (Å²) < 4.78 is 0. The lowest BCUT2D eigenvalue weighted by Crippen LogP contribution is -2.36. The van der Waals surface area contributed by atoms with Crippen LogP contribution in [0.15, 0.2) is 12.3 Å². The van der Waals surface area contributed by atoms with Gasteiger partial charge in [0, 0.05) is 12.6 Å². The standard InChI is InChI=1S/C11H21N/c1-4-5-8-12-9-6-7-10(2)11(12)3/h6,9-11H,4-5,7-8H2,1-3H3/t10-,11-/m0/s1. The smallest absolute Gasteiger partial charge is 0.0284 e. The lowest BCUT2D eigenvalue weighted by Gasteiger charge is -2.35. The molecule has 0 saturated heterocycles. The van der Waals surface area contributed by atoms with E-state index in [1.54, 1.807) is 0 Å². The van der Waals surface area contributed by atoms with Gasteiger partial charge in [0.05, 0.1) is 0 Å². The zero-order chi connectivity index (χ0) is 8.97. The molecule has 1 heteroatoms. The molecule has 1 aliphatic heterocycles. The highest BCUT2D eigenvalue weighted by molar-refractivity contribution is 4.94. The van der Waals surface area contributed by atoms with Crippen LogP contribution >= 0.6 is 0 Å². The summed E-state index contributed by atoms with van der Waals surface area (Å²) in [5.41, 5.74) is 0. The maximum absolute atomic E-state index is 2.48. The van der Waals surface area contributed by atoms with Crippen molar-refractivity contribution in [2.45, 2.75) is 46.1 Å². The lowest BCUT2D eigenvalue weighted by atomic mass is 9.95. The number of unbranched alkanes of at least 4 members (excludes halogenated alkanes) is 1. The third-order valence-corrected chi connectivity index (χ3v) is 2.92. The minimum Gasteiger partial charge on any atom is -0.375 e. The van der Waals surface area contributed by atoms with Gasteiger partial charge in [0.25, 0.3) is 0 Å². The third kappa shape index (κ3) is 2.26. The first kappa shape index (κ1) is 9.63. The van der Waals surface area contributed by atoms with Gasteiger partial charge in [0.15, 0.2) is 0 Å². The monoisotopic (exact) mass is 167 g/mol. The van der Waals surface area contributed by atoms with E-state index in [9.17, 15) is 0 Å². The predicted molar refractivity (Wildman–Crippen MR) is 54.0 cm³/mol. The Kier molecular flexibility index (Phi) is 3.64. The Hall–Kier alpha value is -0.460. The number of nitrogens with zero attached hydrogens (tertiary/aromatic N) is 1. The average molecular weight is 167 g/mol. The molecule has 0 unspecified atom stereocenters. The first-order valence-corrected chi connectivity index (χ1v) is 5.18. The van der Waals surface area contributed by atoms with E-state index in [4.69, 9.17) is 0 Å². The van der Waals surface area contributed by atoms with Crippen molar-refractivity contribution in [3.63, 3.8) is 0 Å². The van der Waals surface area contributed by atoms with Gasteiger partial charge in [-0.25, -0.2) is 0 Å². The molecule has 1 heterocycles. The fraction of sp³-hybridized carbons (Fsp3) is 0.818. The van der Waals surface area contributed by atoms with Crippen LogP contribution in [0.1, 0.15) is 40.0 Å². The first-order valence-electron chi connectivity index (χ1n) is 5.18. The molecule has 1 nitrogen and oxygen atoms in total. The summed E-state index contributed by atoms with van der Waals surface area (Å²) >= 11 is 0. The Labute approximate surface area is 76.5 Å². The Bertz CT molecular complexity index is 151. The van der Waals surface area contributed by atoms with Gasteiger partial charge in [-0.15, -0.1) is 0 Å². The van der Waals surface area contributed by atoms with Crippen LogP contribution in [0, 0.1) is 5.92 Å². The van der Waals surface area contributed by atoms with Gasteiger partial charge >= 0.3 is 0 Å². The van der Waals surface area contributed by atoms with Crippen LogP contribution in [-0.4, -0.2) is 17.5 Å². The summed E-state index contributed by atoms with van der Waals surface area (Å²) in [6.45, 7) is 8.16. The highest BCUT2D eigenvalue weighted by Crippen LogP contribution is 2.20. The second-order valence-corrected chi connectivity index (χ2v) is 3.93. The van der Waals surface area contributed by atoms with Gasteiger partial charge in [-0.05, 0) is 31.9 Å². The SMILES string of the molecule is CCCCN1C=CC[C@H](C)[C@@H]1C. The zero-order valence-corrected chi connectivity index (χ0v) is 8.59. The zero-order valence-electron chi connectivity index (χ0n) is 8.59. The number of allylic oxidation sites excluding steroid dienone is 1. The van der Waals surface area contributed by atoms with Gasteiger partial charge in [-0.1, -0.05) is 26.3 Å². The van der Waals surface area contributed by atoms with E-state index >= 15 is 0 Å². The van der Waals surface area contributed by atoms with E-state index in [0.29, 0.717) is 0 Å². The molecule has 70 valence electrons. The van der Waals surface area contributed by atoms with E-state index in [1.165, 1.54) is 25.8 Å². The summed E-state index contributed by atoms with van der Waals surface area (Å²) in [5.74, 6) is 0.826. The van der Waals surface area contributed by atoms with Crippen LogP contribution in [-0.2, 0) is 0 Å². The first-order chi connectivity index (χ1) is 5.75. The van der Waals surface area contributed by atoms with Gasteiger partial charge in [-0.2, -0.15) is 0 Å². The molecule has 0 N–H and O–H groups in total. The topological polar surface area (TPSA) is 3.24 Å². The van der Waals surface area contributed by atoms with E-state index in [-0.39, 0.29) is 0 Å². The van der Waals surface area contributed by atoms with Gasteiger partial charge < -0.3 is 4.90 Å². The number of rotatable bonds is 3. The fourth-order valence-electron chi connectivity index (χ4n) is 1.69.